The molecule has 0 spiro atoms. The zero-order valence-electron chi connectivity index (χ0n) is 16.0. The number of nitrogens with one attached hydrogen (secondary N) is 1. The second kappa shape index (κ2) is 6.95. The third-order valence-electron chi connectivity index (χ3n) is 5.94. The monoisotopic (exact) mass is 376 g/mol. The fourth-order valence-electron chi connectivity index (χ4n) is 4.41. The van der Waals surface area contributed by atoms with E-state index < -0.39 is 0 Å². The maximum absolute atomic E-state index is 13.3. The summed E-state index contributed by atoms with van der Waals surface area (Å²) in [5.74, 6) is 2.15. The zero-order valence-corrected chi connectivity index (χ0v) is 16.0. The number of rotatable bonds is 3. The molecular weight excluding hydrogens is 352 g/mol. The molecule has 2 atom stereocenters. The van der Waals surface area contributed by atoms with Crippen LogP contribution in [0.15, 0.2) is 53.2 Å². The van der Waals surface area contributed by atoms with Gasteiger partial charge in [-0.1, -0.05) is 30.3 Å². The van der Waals surface area contributed by atoms with Crippen LogP contribution in [-0.4, -0.2) is 40.2 Å². The molecule has 0 saturated carbocycles. The van der Waals surface area contributed by atoms with Crippen LogP contribution in [0.5, 0.6) is 0 Å². The summed E-state index contributed by atoms with van der Waals surface area (Å²) in [4.78, 5) is 15.3. The summed E-state index contributed by atoms with van der Waals surface area (Å²) >= 11 is 0. The molecule has 3 aromatic rings. The Morgan fingerprint density at radius 2 is 2.11 bits per heavy atom. The molecule has 0 aliphatic carbocycles. The number of carbonyl (C=O) groups is 1. The maximum Gasteiger partial charge on any atom is 0.228 e. The standard InChI is InChI=1S/C22H24N4O2/c1-25-13-17(10-24-25)18-11-23-12-19(18)22(27)26-8-7-16-9-20(28-21(16)14-26)15-5-3-2-4-6-15/h2-6,9-10,13,18-19,23H,7-8,11-12,14H2,1H3/t18-,19+/m1/s1. The molecule has 2 aromatic heterocycles. The van der Waals surface area contributed by atoms with Crippen LogP contribution in [0.2, 0.25) is 0 Å². The lowest BCUT2D eigenvalue weighted by atomic mass is 9.89. The zero-order chi connectivity index (χ0) is 19.1. The van der Waals surface area contributed by atoms with Crippen molar-refractivity contribution in [3.05, 3.63) is 65.7 Å². The van der Waals surface area contributed by atoms with E-state index in [0.29, 0.717) is 6.54 Å². The van der Waals surface area contributed by atoms with Gasteiger partial charge in [0.2, 0.25) is 5.91 Å². The largest absolute Gasteiger partial charge is 0.459 e. The molecule has 2 aliphatic rings. The van der Waals surface area contributed by atoms with Crippen LogP contribution in [0.4, 0.5) is 0 Å². The lowest BCUT2D eigenvalue weighted by molar-refractivity contribution is -0.136. The molecule has 5 rings (SSSR count). The van der Waals surface area contributed by atoms with E-state index in [-0.39, 0.29) is 17.7 Å². The number of benzene rings is 1. The first-order chi connectivity index (χ1) is 13.7. The number of fused-ring (bicyclic) bond motifs is 1. The van der Waals surface area contributed by atoms with E-state index in [2.05, 4.69) is 28.6 Å². The smallest absolute Gasteiger partial charge is 0.228 e. The number of carbonyl (C=O) groups excluding carboxylic acids is 1. The van der Waals surface area contributed by atoms with Gasteiger partial charge in [0.25, 0.3) is 0 Å². The van der Waals surface area contributed by atoms with Gasteiger partial charge in [-0.15, -0.1) is 0 Å². The Morgan fingerprint density at radius 3 is 2.89 bits per heavy atom. The SMILES string of the molecule is Cn1cc([C@H]2CNC[C@@H]2C(=O)N2CCc3cc(-c4ccccc4)oc3C2)cn1. The third kappa shape index (κ3) is 3.03. The molecule has 1 saturated heterocycles. The molecule has 6 heteroatoms. The molecule has 4 heterocycles. The number of aromatic nitrogens is 2. The van der Waals surface area contributed by atoms with Crippen molar-refractivity contribution in [2.24, 2.45) is 13.0 Å². The first-order valence-electron chi connectivity index (χ1n) is 9.84. The van der Waals surface area contributed by atoms with Crippen LogP contribution < -0.4 is 5.32 Å². The Kier molecular flexibility index (Phi) is 4.28. The molecule has 0 unspecified atom stereocenters. The van der Waals surface area contributed by atoms with Crippen molar-refractivity contribution in [2.45, 2.75) is 18.9 Å². The molecule has 144 valence electrons. The first-order valence-corrected chi connectivity index (χ1v) is 9.84. The summed E-state index contributed by atoms with van der Waals surface area (Å²) < 4.78 is 7.93. The predicted molar refractivity (Wildman–Crippen MR) is 106 cm³/mol. The Labute approximate surface area is 164 Å². The molecule has 0 radical (unpaired) electrons. The van der Waals surface area contributed by atoms with Crippen molar-refractivity contribution < 1.29 is 9.21 Å². The quantitative estimate of drug-likeness (QED) is 0.763. The van der Waals surface area contributed by atoms with Gasteiger partial charge in [0, 0.05) is 44.4 Å². The van der Waals surface area contributed by atoms with Crippen LogP contribution in [0.1, 0.15) is 22.8 Å². The van der Waals surface area contributed by atoms with E-state index in [0.717, 1.165) is 48.7 Å². The average Bonchev–Trinajstić information content (AvgIpc) is 3.46. The second-order valence-electron chi connectivity index (χ2n) is 7.75. The summed E-state index contributed by atoms with van der Waals surface area (Å²) in [6, 6.07) is 12.3. The Hall–Kier alpha value is -2.86. The predicted octanol–water partition coefficient (Wildman–Crippen LogP) is 2.57. The summed E-state index contributed by atoms with van der Waals surface area (Å²) in [5, 5.41) is 7.66. The average molecular weight is 376 g/mol. The van der Waals surface area contributed by atoms with Crippen molar-refractivity contribution in [3.8, 4) is 11.3 Å². The first kappa shape index (κ1) is 17.3. The number of nitrogens with zero attached hydrogens (tertiary/aromatic N) is 3. The van der Waals surface area contributed by atoms with Crippen LogP contribution >= 0.6 is 0 Å². The van der Waals surface area contributed by atoms with Crippen molar-refractivity contribution >= 4 is 5.91 Å². The van der Waals surface area contributed by atoms with Crippen LogP contribution in [-0.2, 0) is 24.8 Å². The summed E-state index contributed by atoms with van der Waals surface area (Å²) in [6.45, 7) is 2.84. The molecule has 1 aromatic carbocycles. The van der Waals surface area contributed by atoms with Gasteiger partial charge in [0.1, 0.15) is 11.5 Å². The molecule has 1 N–H and O–H groups in total. The second-order valence-corrected chi connectivity index (χ2v) is 7.75. The third-order valence-corrected chi connectivity index (χ3v) is 5.94. The number of amides is 1. The lowest BCUT2D eigenvalue weighted by Crippen LogP contribution is -2.41. The van der Waals surface area contributed by atoms with Gasteiger partial charge in [0.05, 0.1) is 18.7 Å². The van der Waals surface area contributed by atoms with Gasteiger partial charge in [-0.05, 0) is 23.6 Å². The van der Waals surface area contributed by atoms with Gasteiger partial charge in [0.15, 0.2) is 0 Å². The minimum Gasteiger partial charge on any atom is -0.459 e. The lowest BCUT2D eigenvalue weighted by Gasteiger charge is -2.30. The number of furan rings is 1. The van der Waals surface area contributed by atoms with Crippen molar-refractivity contribution in [3.63, 3.8) is 0 Å². The van der Waals surface area contributed by atoms with E-state index in [1.54, 1.807) is 4.68 Å². The minimum absolute atomic E-state index is 0.0469. The van der Waals surface area contributed by atoms with E-state index in [1.165, 1.54) is 5.56 Å². The van der Waals surface area contributed by atoms with Crippen LogP contribution in [0, 0.1) is 5.92 Å². The van der Waals surface area contributed by atoms with E-state index in [4.69, 9.17) is 4.42 Å². The van der Waals surface area contributed by atoms with E-state index in [1.807, 2.05) is 42.5 Å². The molecule has 2 aliphatic heterocycles. The summed E-state index contributed by atoms with van der Waals surface area (Å²) in [7, 11) is 1.91. The van der Waals surface area contributed by atoms with Crippen molar-refractivity contribution in [1.82, 2.24) is 20.0 Å². The van der Waals surface area contributed by atoms with Gasteiger partial charge < -0.3 is 14.6 Å². The van der Waals surface area contributed by atoms with Gasteiger partial charge >= 0.3 is 0 Å². The minimum atomic E-state index is -0.0469. The van der Waals surface area contributed by atoms with Crippen molar-refractivity contribution in [1.29, 1.82) is 0 Å². The van der Waals surface area contributed by atoms with Crippen molar-refractivity contribution in [2.75, 3.05) is 19.6 Å². The molecule has 0 bridgehead atoms. The number of hydrogen-bond acceptors (Lipinski definition) is 4. The number of aryl methyl sites for hydroxylation is 1. The van der Waals surface area contributed by atoms with Crippen LogP contribution in [0.25, 0.3) is 11.3 Å². The molecular formula is C22H24N4O2. The van der Waals surface area contributed by atoms with Gasteiger partial charge in [-0.2, -0.15) is 5.10 Å². The highest BCUT2D eigenvalue weighted by atomic mass is 16.3. The fourth-order valence-corrected chi connectivity index (χ4v) is 4.41. The number of hydrogen-bond donors (Lipinski definition) is 1. The Morgan fingerprint density at radius 1 is 1.25 bits per heavy atom. The summed E-state index contributed by atoms with van der Waals surface area (Å²) in [5.41, 5.74) is 3.43. The van der Waals surface area contributed by atoms with Crippen LogP contribution in [0.3, 0.4) is 0 Å². The van der Waals surface area contributed by atoms with Gasteiger partial charge in [-0.25, -0.2) is 0 Å². The fraction of sp³-hybridized carbons (Fsp3) is 0.364. The normalized spacial score (nSPS) is 21.7. The highest BCUT2D eigenvalue weighted by Gasteiger charge is 2.38. The molecule has 1 amide bonds. The Balaban J connectivity index is 1.34. The topological polar surface area (TPSA) is 63.3 Å². The molecule has 6 nitrogen and oxygen atoms in total. The van der Waals surface area contributed by atoms with Gasteiger partial charge in [-0.3, -0.25) is 9.48 Å². The van der Waals surface area contributed by atoms with E-state index >= 15 is 0 Å². The Bertz CT molecular complexity index is 991. The van der Waals surface area contributed by atoms with E-state index in [9.17, 15) is 4.79 Å². The maximum atomic E-state index is 13.3. The molecule has 28 heavy (non-hydrogen) atoms. The summed E-state index contributed by atoms with van der Waals surface area (Å²) in [6.07, 6.45) is 4.74. The highest BCUT2D eigenvalue weighted by molar-refractivity contribution is 5.81. The highest BCUT2D eigenvalue weighted by Crippen LogP contribution is 2.33. The molecule has 1 fully saturated rings.